The summed E-state index contributed by atoms with van der Waals surface area (Å²) in [5, 5.41) is 0.735. The van der Waals surface area contributed by atoms with Crippen LogP contribution in [0.4, 0.5) is 0 Å². The van der Waals surface area contributed by atoms with Crippen LogP contribution in [0.3, 0.4) is 0 Å². The first-order chi connectivity index (χ1) is 7.70. The lowest BCUT2D eigenvalue weighted by Gasteiger charge is -2.14. The maximum absolute atomic E-state index is 11.0. The Balaban J connectivity index is 2.07. The van der Waals surface area contributed by atoms with E-state index in [4.69, 9.17) is 11.6 Å². The van der Waals surface area contributed by atoms with Gasteiger partial charge < -0.3 is 4.79 Å². The molecule has 0 aliphatic carbocycles. The lowest BCUT2D eigenvalue weighted by atomic mass is 9.92. The summed E-state index contributed by atoms with van der Waals surface area (Å²) in [7, 11) is 0. The largest absolute Gasteiger partial charge is 0.303 e. The van der Waals surface area contributed by atoms with Crippen LogP contribution in [-0.4, -0.2) is 18.4 Å². The fraction of sp³-hybridized carbons (Fsp3) is 0.417. The van der Waals surface area contributed by atoms with E-state index in [0.717, 1.165) is 23.3 Å². The SMILES string of the molecule is CC1NNC(Cc2cccc(Cl)c2)C1C=O. The van der Waals surface area contributed by atoms with Gasteiger partial charge in [0.25, 0.3) is 0 Å². The van der Waals surface area contributed by atoms with Gasteiger partial charge in [0.05, 0.1) is 0 Å². The Morgan fingerprint density at radius 1 is 1.44 bits per heavy atom. The molecule has 2 rings (SSSR count). The molecule has 0 saturated carbocycles. The Morgan fingerprint density at radius 3 is 2.94 bits per heavy atom. The molecular weight excluding hydrogens is 224 g/mol. The van der Waals surface area contributed by atoms with Crippen LogP contribution < -0.4 is 10.9 Å². The van der Waals surface area contributed by atoms with Gasteiger partial charge in [-0.15, -0.1) is 0 Å². The van der Waals surface area contributed by atoms with Crippen molar-refractivity contribution >= 4 is 17.9 Å². The molecule has 86 valence electrons. The Kier molecular flexibility index (Phi) is 3.59. The highest BCUT2D eigenvalue weighted by Crippen LogP contribution is 2.18. The minimum atomic E-state index is 0.0129. The standard InChI is InChI=1S/C12H15ClN2O/c1-8-11(7-16)12(15-14-8)6-9-3-2-4-10(13)5-9/h2-5,7-8,11-12,14-15H,6H2,1H3. The van der Waals surface area contributed by atoms with Crippen LogP contribution in [0.25, 0.3) is 0 Å². The predicted molar refractivity (Wildman–Crippen MR) is 64.2 cm³/mol. The summed E-state index contributed by atoms with van der Waals surface area (Å²) in [5.41, 5.74) is 7.39. The van der Waals surface area contributed by atoms with Gasteiger partial charge in [0.15, 0.2) is 0 Å². The zero-order chi connectivity index (χ0) is 11.5. The van der Waals surface area contributed by atoms with E-state index in [9.17, 15) is 4.79 Å². The smallest absolute Gasteiger partial charge is 0.126 e. The average molecular weight is 239 g/mol. The number of aldehydes is 1. The van der Waals surface area contributed by atoms with E-state index in [1.165, 1.54) is 0 Å². The molecule has 1 saturated heterocycles. The summed E-state index contributed by atoms with van der Waals surface area (Å²) in [6, 6.07) is 8.07. The van der Waals surface area contributed by atoms with E-state index in [-0.39, 0.29) is 18.0 Å². The fourth-order valence-corrected chi connectivity index (χ4v) is 2.31. The molecular formula is C12H15ClN2O. The van der Waals surface area contributed by atoms with E-state index >= 15 is 0 Å². The van der Waals surface area contributed by atoms with Gasteiger partial charge in [-0.2, -0.15) is 0 Å². The van der Waals surface area contributed by atoms with Gasteiger partial charge in [0.1, 0.15) is 6.29 Å². The Hall–Kier alpha value is -0.900. The third kappa shape index (κ3) is 2.43. The van der Waals surface area contributed by atoms with Crippen molar-refractivity contribution in [3.8, 4) is 0 Å². The van der Waals surface area contributed by atoms with Crippen molar-refractivity contribution < 1.29 is 4.79 Å². The van der Waals surface area contributed by atoms with Crippen LogP contribution in [-0.2, 0) is 11.2 Å². The molecule has 3 atom stereocenters. The second-order valence-electron chi connectivity index (χ2n) is 4.23. The molecule has 1 fully saturated rings. The van der Waals surface area contributed by atoms with E-state index in [1.807, 2.05) is 31.2 Å². The van der Waals surface area contributed by atoms with Crippen molar-refractivity contribution in [3.63, 3.8) is 0 Å². The number of benzene rings is 1. The Morgan fingerprint density at radius 2 is 2.25 bits per heavy atom. The molecule has 1 heterocycles. The third-order valence-electron chi connectivity index (χ3n) is 3.04. The van der Waals surface area contributed by atoms with Crippen LogP contribution >= 0.6 is 11.6 Å². The van der Waals surface area contributed by atoms with Crippen LogP contribution in [0.15, 0.2) is 24.3 Å². The van der Waals surface area contributed by atoms with Gasteiger partial charge in [-0.3, -0.25) is 10.9 Å². The van der Waals surface area contributed by atoms with Crippen LogP contribution in [0, 0.1) is 5.92 Å². The van der Waals surface area contributed by atoms with Crippen molar-refractivity contribution in [2.24, 2.45) is 5.92 Å². The summed E-state index contributed by atoms with van der Waals surface area (Å²) in [4.78, 5) is 11.0. The molecule has 0 radical (unpaired) electrons. The van der Waals surface area contributed by atoms with Gasteiger partial charge in [-0.1, -0.05) is 23.7 Å². The van der Waals surface area contributed by atoms with Gasteiger partial charge >= 0.3 is 0 Å². The molecule has 0 bridgehead atoms. The second-order valence-corrected chi connectivity index (χ2v) is 4.67. The van der Waals surface area contributed by atoms with Crippen molar-refractivity contribution in [2.75, 3.05) is 0 Å². The molecule has 0 spiro atoms. The number of carbonyl (C=O) groups excluding carboxylic acids is 1. The van der Waals surface area contributed by atoms with E-state index < -0.39 is 0 Å². The Bertz CT molecular complexity index is 383. The molecule has 16 heavy (non-hydrogen) atoms. The molecule has 3 nitrogen and oxygen atoms in total. The zero-order valence-corrected chi connectivity index (χ0v) is 9.87. The lowest BCUT2D eigenvalue weighted by molar-refractivity contribution is -0.111. The zero-order valence-electron chi connectivity index (χ0n) is 9.11. The van der Waals surface area contributed by atoms with Crippen LogP contribution in [0.2, 0.25) is 5.02 Å². The average Bonchev–Trinajstić information content (AvgIpc) is 2.59. The third-order valence-corrected chi connectivity index (χ3v) is 3.28. The summed E-state index contributed by atoms with van der Waals surface area (Å²) in [5.74, 6) is 0.0129. The molecule has 1 aromatic carbocycles. The van der Waals surface area contributed by atoms with E-state index in [2.05, 4.69) is 10.9 Å². The van der Waals surface area contributed by atoms with Gasteiger partial charge in [0.2, 0.25) is 0 Å². The fourth-order valence-electron chi connectivity index (χ4n) is 2.10. The number of halogens is 1. The summed E-state index contributed by atoms with van der Waals surface area (Å²) < 4.78 is 0. The monoisotopic (exact) mass is 238 g/mol. The quantitative estimate of drug-likeness (QED) is 0.786. The predicted octanol–water partition coefficient (Wildman–Crippen LogP) is 1.56. The minimum Gasteiger partial charge on any atom is -0.303 e. The first-order valence-corrected chi connectivity index (χ1v) is 5.79. The first-order valence-electron chi connectivity index (χ1n) is 5.41. The first kappa shape index (κ1) is 11.6. The van der Waals surface area contributed by atoms with Crippen molar-refractivity contribution in [1.29, 1.82) is 0 Å². The topological polar surface area (TPSA) is 41.1 Å². The number of hydrogen-bond donors (Lipinski definition) is 2. The Labute approximate surface area is 100 Å². The normalized spacial score (nSPS) is 29.2. The highest BCUT2D eigenvalue weighted by molar-refractivity contribution is 6.30. The second kappa shape index (κ2) is 4.95. The van der Waals surface area contributed by atoms with Crippen LogP contribution in [0.1, 0.15) is 12.5 Å². The molecule has 1 aliphatic rings. The number of hydrogen-bond acceptors (Lipinski definition) is 3. The number of carbonyl (C=O) groups is 1. The summed E-state index contributed by atoms with van der Waals surface area (Å²) in [6.45, 7) is 2.00. The highest BCUT2D eigenvalue weighted by atomic mass is 35.5. The maximum Gasteiger partial charge on any atom is 0.126 e. The summed E-state index contributed by atoms with van der Waals surface area (Å²) in [6.07, 6.45) is 1.83. The van der Waals surface area contributed by atoms with E-state index in [0.29, 0.717) is 0 Å². The number of rotatable bonds is 3. The van der Waals surface area contributed by atoms with Gasteiger partial charge in [-0.25, -0.2) is 0 Å². The minimum absolute atomic E-state index is 0.0129. The van der Waals surface area contributed by atoms with Crippen molar-refractivity contribution in [3.05, 3.63) is 34.9 Å². The number of nitrogens with one attached hydrogen (secondary N) is 2. The molecule has 1 aliphatic heterocycles. The van der Waals surface area contributed by atoms with Crippen molar-refractivity contribution in [2.45, 2.75) is 25.4 Å². The highest BCUT2D eigenvalue weighted by Gasteiger charge is 2.32. The van der Waals surface area contributed by atoms with Crippen LogP contribution in [0.5, 0.6) is 0 Å². The number of hydrazine groups is 1. The maximum atomic E-state index is 11.0. The molecule has 0 amide bonds. The van der Waals surface area contributed by atoms with Gasteiger partial charge in [-0.05, 0) is 31.0 Å². The molecule has 0 aromatic heterocycles. The summed E-state index contributed by atoms with van der Waals surface area (Å²) >= 11 is 5.92. The molecule has 2 N–H and O–H groups in total. The van der Waals surface area contributed by atoms with E-state index in [1.54, 1.807) is 0 Å². The molecule has 3 unspecified atom stereocenters. The molecule has 4 heteroatoms. The van der Waals surface area contributed by atoms with Crippen molar-refractivity contribution in [1.82, 2.24) is 10.9 Å². The van der Waals surface area contributed by atoms with Gasteiger partial charge in [0, 0.05) is 23.0 Å². The lowest BCUT2D eigenvalue weighted by Crippen LogP contribution is -2.34. The molecule has 1 aromatic rings.